The van der Waals surface area contributed by atoms with Crippen LogP contribution in [0.2, 0.25) is 0 Å². The van der Waals surface area contributed by atoms with Gasteiger partial charge in [0, 0.05) is 13.1 Å². The van der Waals surface area contributed by atoms with E-state index in [1.807, 2.05) is 6.92 Å². The lowest BCUT2D eigenvalue weighted by Crippen LogP contribution is -2.31. The van der Waals surface area contributed by atoms with Crippen molar-refractivity contribution >= 4 is 10.0 Å². The highest BCUT2D eigenvalue weighted by Gasteiger charge is 2.25. The molecule has 0 aliphatic rings. The smallest absolute Gasteiger partial charge is 0.246 e. The predicted molar refractivity (Wildman–Crippen MR) is 81.7 cm³/mol. The summed E-state index contributed by atoms with van der Waals surface area (Å²) in [5.41, 5.74) is 0.708. The number of hydrogen-bond acceptors (Lipinski definition) is 3. The van der Waals surface area contributed by atoms with E-state index >= 15 is 0 Å². The molecule has 0 aromatic heterocycles. The average Bonchev–Trinajstić information content (AvgIpc) is 2.44. The lowest BCUT2D eigenvalue weighted by Gasteiger charge is -2.18. The minimum absolute atomic E-state index is 0.0713. The number of rotatable bonds is 8. The first kappa shape index (κ1) is 17.6. The largest absolute Gasteiger partial charge is 0.313 e. The Morgan fingerprint density at radius 3 is 2.62 bits per heavy atom. The highest BCUT2D eigenvalue weighted by molar-refractivity contribution is 7.89. The van der Waals surface area contributed by atoms with Gasteiger partial charge in [-0.2, -0.15) is 4.31 Å². The van der Waals surface area contributed by atoms with Crippen molar-refractivity contribution in [1.82, 2.24) is 9.62 Å². The molecule has 4 nitrogen and oxygen atoms in total. The summed E-state index contributed by atoms with van der Waals surface area (Å²) in [5.74, 6) is 1.53. The van der Waals surface area contributed by atoms with Gasteiger partial charge in [-0.3, -0.25) is 0 Å². The van der Waals surface area contributed by atoms with Crippen molar-refractivity contribution in [3.63, 3.8) is 0 Å². The second-order valence-electron chi connectivity index (χ2n) is 4.58. The summed E-state index contributed by atoms with van der Waals surface area (Å²) in [4.78, 5) is -0.334. The number of hydrogen-bond donors (Lipinski definition) is 1. The van der Waals surface area contributed by atoms with Crippen LogP contribution in [-0.4, -0.2) is 32.4 Å². The molecular weight excluding hydrogens is 291 g/mol. The molecule has 1 N–H and O–H groups in total. The van der Waals surface area contributed by atoms with Crippen molar-refractivity contribution in [3.05, 3.63) is 29.6 Å². The Hall–Kier alpha value is -1.42. The van der Waals surface area contributed by atoms with E-state index in [1.165, 1.54) is 12.1 Å². The second-order valence-corrected chi connectivity index (χ2v) is 6.48. The zero-order chi connectivity index (χ0) is 15.9. The van der Waals surface area contributed by atoms with Crippen LogP contribution in [0, 0.1) is 18.2 Å². The third-order valence-corrected chi connectivity index (χ3v) is 4.94. The van der Waals surface area contributed by atoms with E-state index in [9.17, 15) is 12.8 Å². The van der Waals surface area contributed by atoms with E-state index in [0.29, 0.717) is 12.1 Å². The Balaban J connectivity index is 3.01. The maximum absolute atomic E-state index is 14.1. The van der Waals surface area contributed by atoms with Gasteiger partial charge >= 0.3 is 0 Å². The molecule has 0 amide bonds. The van der Waals surface area contributed by atoms with Crippen molar-refractivity contribution in [2.75, 3.05) is 19.6 Å². The standard InChI is InChI=1S/C15H21FN2O2S/c1-4-9-17-12-13-7-8-15(14(16)11-13)21(19,20)18(6-3)10-5-2/h2,7-8,11,17H,4,6,9-10,12H2,1,3H3. The monoisotopic (exact) mass is 312 g/mol. The maximum atomic E-state index is 14.1. The van der Waals surface area contributed by atoms with E-state index in [4.69, 9.17) is 6.42 Å². The summed E-state index contributed by atoms with van der Waals surface area (Å²) >= 11 is 0. The van der Waals surface area contributed by atoms with Crippen LogP contribution >= 0.6 is 0 Å². The van der Waals surface area contributed by atoms with Gasteiger partial charge in [-0.25, -0.2) is 12.8 Å². The van der Waals surface area contributed by atoms with Gasteiger partial charge in [-0.15, -0.1) is 6.42 Å². The Kier molecular flexibility index (Phi) is 6.82. The molecular formula is C15H21FN2O2S. The fourth-order valence-electron chi connectivity index (χ4n) is 1.88. The van der Waals surface area contributed by atoms with Gasteiger partial charge in [0.05, 0.1) is 6.54 Å². The fourth-order valence-corrected chi connectivity index (χ4v) is 3.29. The van der Waals surface area contributed by atoms with E-state index in [1.54, 1.807) is 13.0 Å². The van der Waals surface area contributed by atoms with Crippen LogP contribution in [0.15, 0.2) is 23.1 Å². The summed E-state index contributed by atoms with van der Waals surface area (Å²) in [6, 6.07) is 4.16. The highest BCUT2D eigenvalue weighted by atomic mass is 32.2. The zero-order valence-corrected chi connectivity index (χ0v) is 13.2. The van der Waals surface area contributed by atoms with E-state index in [-0.39, 0.29) is 18.0 Å². The van der Waals surface area contributed by atoms with E-state index in [0.717, 1.165) is 17.3 Å². The van der Waals surface area contributed by atoms with E-state index in [2.05, 4.69) is 11.2 Å². The number of nitrogens with one attached hydrogen (secondary N) is 1. The van der Waals surface area contributed by atoms with Gasteiger partial charge < -0.3 is 5.32 Å². The Bertz CT molecular complexity index is 609. The molecule has 0 spiro atoms. The van der Waals surface area contributed by atoms with Gasteiger partial charge in [0.2, 0.25) is 10.0 Å². The molecule has 0 bridgehead atoms. The number of terminal acetylenes is 1. The lowest BCUT2D eigenvalue weighted by atomic mass is 10.2. The van der Waals surface area contributed by atoms with Gasteiger partial charge in [-0.05, 0) is 30.7 Å². The van der Waals surface area contributed by atoms with E-state index < -0.39 is 15.8 Å². The second kappa shape index (κ2) is 8.13. The van der Waals surface area contributed by atoms with Crippen molar-refractivity contribution in [2.45, 2.75) is 31.7 Å². The van der Waals surface area contributed by atoms with Crippen molar-refractivity contribution < 1.29 is 12.8 Å². The molecule has 116 valence electrons. The molecule has 0 aliphatic heterocycles. The number of nitrogens with zero attached hydrogens (tertiary/aromatic N) is 1. The van der Waals surface area contributed by atoms with Crippen LogP contribution in [0.5, 0.6) is 0 Å². The van der Waals surface area contributed by atoms with Crippen LogP contribution < -0.4 is 5.32 Å². The van der Waals surface area contributed by atoms with Gasteiger partial charge in [0.15, 0.2) is 0 Å². The normalized spacial score (nSPS) is 11.6. The molecule has 1 rings (SSSR count). The van der Waals surface area contributed by atoms with Crippen molar-refractivity contribution in [1.29, 1.82) is 0 Å². The molecule has 0 atom stereocenters. The minimum atomic E-state index is -3.89. The highest BCUT2D eigenvalue weighted by Crippen LogP contribution is 2.20. The third kappa shape index (κ3) is 4.53. The first-order valence-corrected chi connectivity index (χ1v) is 8.34. The molecule has 1 aromatic rings. The zero-order valence-electron chi connectivity index (χ0n) is 12.4. The fraction of sp³-hybridized carbons (Fsp3) is 0.467. The molecule has 1 aromatic carbocycles. The topological polar surface area (TPSA) is 49.4 Å². The number of benzene rings is 1. The molecule has 0 fully saturated rings. The summed E-state index contributed by atoms with van der Waals surface area (Å²) < 4.78 is 39.8. The maximum Gasteiger partial charge on any atom is 0.246 e. The Morgan fingerprint density at radius 2 is 2.10 bits per heavy atom. The van der Waals surface area contributed by atoms with Gasteiger partial charge in [0.25, 0.3) is 0 Å². The minimum Gasteiger partial charge on any atom is -0.313 e. The summed E-state index contributed by atoms with van der Waals surface area (Å²) in [6.07, 6.45) is 6.13. The van der Waals surface area contributed by atoms with Crippen molar-refractivity contribution in [3.8, 4) is 12.3 Å². The van der Waals surface area contributed by atoms with Gasteiger partial charge in [-0.1, -0.05) is 25.8 Å². The van der Waals surface area contributed by atoms with Crippen LogP contribution in [0.1, 0.15) is 25.8 Å². The molecule has 0 aliphatic carbocycles. The molecule has 21 heavy (non-hydrogen) atoms. The van der Waals surface area contributed by atoms with Gasteiger partial charge in [0.1, 0.15) is 10.7 Å². The molecule has 0 saturated carbocycles. The summed E-state index contributed by atoms with van der Waals surface area (Å²) in [5, 5.41) is 3.14. The first-order valence-electron chi connectivity index (χ1n) is 6.90. The third-order valence-electron chi connectivity index (χ3n) is 2.99. The Morgan fingerprint density at radius 1 is 1.38 bits per heavy atom. The average molecular weight is 312 g/mol. The predicted octanol–water partition coefficient (Wildman–Crippen LogP) is 1.97. The summed E-state index contributed by atoms with van der Waals surface area (Å²) in [6.45, 7) is 5.16. The first-order chi connectivity index (χ1) is 9.97. The van der Waals surface area contributed by atoms with Crippen LogP contribution in [-0.2, 0) is 16.6 Å². The molecule has 0 heterocycles. The number of halogens is 1. The van der Waals surface area contributed by atoms with Crippen molar-refractivity contribution in [2.24, 2.45) is 0 Å². The Labute approximate surface area is 126 Å². The molecule has 0 saturated heterocycles. The SMILES string of the molecule is C#CCN(CC)S(=O)(=O)c1ccc(CNCCC)cc1F. The molecule has 0 unspecified atom stereocenters. The number of sulfonamides is 1. The quantitative estimate of drug-likeness (QED) is 0.590. The summed E-state index contributed by atoms with van der Waals surface area (Å²) in [7, 11) is -3.89. The van der Waals surface area contributed by atoms with Crippen LogP contribution in [0.25, 0.3) is 0 Å². The van der Waals surface area contributed by atoms with Crippen LogP contribution in [0.3, 0.4) is 0 Å². The molecule has 6 heteroatoms. The lowest BCUT2D eigenvalue weighted by molar-refractivity contribution is 0.457. The molecule has 0 radical (unpaired) electrons. The van der Waals surface area contributed by atoms with Crippen LogP contribution in [0.4, 0.5) is 4.39 Å².